The molecule has 1 aliphatic heterocycles. The fourth-order valence-electron chi connectivity index (χ4n) is 2.10. The van der Waals surface area contributed by atoms with E-state index in [0.717, 1.165) is 25.7 Å². The third-order valence-corrected chi connectivity index (χ3v) is 3.65. The third kappa shape index (κ3) is 5.52. The highest BCUT2D eigenvalue weighted by molar-refractivity contribution is 5.82. The van der Waals surface area contributed by atoms with Gasteiger partial charge >= 0.3 is 12.1 Å². The van der Waals surface area contributed by atoms with E-state index in [1.54, 1.807) is 0 Å². The van der Waals surface area contributed by atoms with Crippen molar-refractivity contribution in [1.82, 2.24) is 4.90 Å². The van der Waals surface area contributed by atoms with Crippen molar-refractivity contribution >= 4 is 11.9 Å². The maximum atomic E-state index is 11.9. The molecule has 2 rings (SSSR count). The van der Waals surface area contributed by atoms with E-state index in [0.29, 0.717) is 19.0 Å². The summed E-state index contributed by atoms with van der Waals surface area (Å²) in [6, 6.07) is 1.97. The maximum absolute atomic E-state index is 11.9. The first-order chi connectivity index (χ1) is 10.2. The van der Waals surface area contributed by atoms with Gasteiger partial charge in [-0.1, -0.05) is 0 Å². The van der Waals surface area contributed by atoms with Crippen LogP contribution in [0.1, 0.15) is 25.7 Å². The van der Waals surface area contributed by atoms with E-state index < -0.39 is 12.1 Å². The van der Waals surface area contributed by atoms with Gasteiger partial charge in [0.05, 0.1) is 12.1 Å². The van der Waals surface area contributed by atoms with E-state index in [4.69, 9.17) is 20.9 Å². The molecule has 0 aromatic heterocycles. The second-order valence-corrected chi connectivity index (χ2v) is 5.39. The lowest BCUT2D eigenvalue weighted by Crippen LogP contribution is -2.48. The molecule has 22 heavy (non-hydrogen) atoms. The Hall–Kier alpha value is -1.82. The number of likely N-dealkylation sites (tertiary alicyclic amines) is 1. The van der Waals surface area contributed by atoms with Gasteiger partial charge in [-0.15, -0.1) is 0 Å². The number of alkyl halides is 3. The number of carbonyl (C=O) groups is 2. The van der Waals surface area contributed by atoms with Gasteiger partial charge in [-0.3, -0.25) is 4.79 Å². The molecular formula is C13H18F3N3O3. The molecule has 0 radical (unpaired) electrons. The molecule has 9 heteroatoms. The molecule has 1 atom stereocenters. The van der Waals surface area contributed by atoms with Gasteiger partial charge in [0.2, 0.25) is 5.91 Å². The normalized spacial score (nSPS) is 20.4. The molecule has 0 unspecified atom stereocenters. The topological polar surface area (TPSA) is 107 Å². The summed E-state index contributed by atoms with van der Waals surface area (Å²) in [7, 11) is 0. The fourth-order valence-corrected chi connectivity index (χ4v) is 2.10. The Balaban J connectivity index is 0.000000295. The van der Waals surface area contributed by atoms with Crippen LogP contribution in [0.15, 0.2) is 0 Å². The van der Waals surface area contributed by atoms with Crippen molar-refractivity contribution in [3.8, 4) is 6.07 Å². The highest BCUT2D eigenvalue weighted by atomic mass is 19.4. The lowest BCUT2D eigenvalue weighted by molar-refractivity contribution is -0.192. The number of carboxylic acid groups (broad SMARTS) is 1. The Morgan fingerprint density at radius 1 is 1.23 bits per heavy atom. The molecule has 1 saturated carbocycles. The number of nitriles is 1. The molecule has 0 spiro atoms. The zero-order valence-electron chi connectivity index (χ0n) is 11.8. The summed E-state index contributed by atoms with van der Waals surface area (Å²) in [5.74, 6) is -2.11. The smallest absolute Gasteiger partial charge is 0.475 e. The summed E-state index contributed by atoms with van der Waals surface area (Å²) < 4.78 is 31.7. The largest absolute Gasteiger partial charge is 0.490 e. The summed E-state index contributed by atoms with van der Waals surface area (Å²) in [5, 5.41) is 15.9. The quantitative estimate of drug-likeness (QED) is 0.792. The Morgan fingerprint density at radius 3 is 2.00 bits per heavy atom. The van der Waals surface area contributed by atoms with Crippen molar-refractivity contribution in [1.29, 1.82) is 5.26 Å². The maximum Gasteiger partial charge on any atom is 0.490 e. The van der Waals surface area contributed by atoms with E-state index in [9.17, 15) is 18.0 Å². The predicted molar refractivity (Wildman–Crippen MR) is 69.3 cm³/mol. The second-order valence-electron chi connectivity index (χ2n) is 5.39. The van der Waals surface area contributed by atoms with E-state index >= 15 is 0 Å². The summed E-state index contributed by atoms with van der Waals surface area (Å²) in [4.78, 5) is 22.6. The Kier molecular flexibility index (Phi) is 6.17. The molecule has 6 nitrogen and oxygen atoms in total. The van der Waals surface area contributed by atoms with Gasteiger partial charge in [-0.05, 0) is 31.6 Å². The Morgan fingerprint density at radius 2 is 1.68 bits per heavy atom. The monoisotopic (exact) mass is 321 g/mol. The number of nitrogens with zero attached hydrogens (tertiary/aromatic N) is 2. The minimum absolute atomic E-state index is 0.0916. The lowest BCUT2D eigenvalue weighted by atomic mass is 9.98. The lowest BCUT2D eigenvalue weighted by Gasteiger charge is -2.31. The molecule has 1 heterocycles. The number of amides is 1. The molecule has 0 bridgehead atoms. The average molecular weight is 321 g/mol. The number of halogens is 3. The predicted octanol–water partition coefficient (Wildman–Crippen LogP) is 1.12. The minimum Gasteiger partial charge on any atom is -0.475 e. The molecule has 1 aliphatic carbocycles. The first-order valence-corrected chi connectivity index (χ1v) is 6.91. The van der Waals surface area contributed by atoms with Crippen LogP contribution in [0.2, 0.25) is 0 Å². The van der Waals surface area contributed by atoms with Gasteiger partial charge in [0.25, 0.3) is 0 Å². The number of hydrogen-bond acceptors (Lipinski definition) is 4. The zero-order chi connectivity index (χ0) is 16.9. The minimum atomic E-state index is -5.08. The molecule has 124 valence electrons. The van der Waals surface area contributed by atoms with Crippen molar-refractivity contribution < 1.29 is 27.9 Å². The SMILES string of the molecule is N#CC1CCN(C(=O)[C@H](N)C2CC2)CC1.O=C(O)C(F)(F)F. The molecule has 1 amide bonds. The van der Waals surface area contributed by atoms with Gasteiger partial charge in [-0.25, -0.2) is 4.79 Å². The number of aliphatic carboxylic acids is 1. The number of carboxylic acids is 1. The summed E-state index contributed by atoms with van der Waals surface area (Å²) in [6.45, 7) is 1.41. The number of piperidine rings is 1. The van der Waals surface area contributed by atoms with Crippen LogP contribution in [-0.4, -0.2) is 47.2 Å². The summed E-state index contributed by atoms with van der Waals surface area (Å²) in [5.41, 5.74) is 5.86. The molecule has 2 fully saturated rings. The van der Waals surface area contributed by atoms with Crippen molar-refractivity contribution in [3.63, 3.8) is 0 Å². The number of carbonyl (C=O) groups excluding carboxylic acids is 1. The van der Waals surface area contributed by atoms with Crippen LogP contribution in [0.25, 0.3) is 0 Å². The van der Waals surface area contributed by atoms with Crippen LogP contribution in [-0.2, 0) is 9.59 Å². The number of hydrogen-bond donors (Lipinski definition) is 2. The molecule has 1 saturated heterocycles. The first kappa shape index (κ1) is 18.2. The second kappa shape index (κ2) is 7.45. The molecule has 2 aliphatic rings. The van der Waals surface area contributed by atoms with Gasteiger partial charge in [-0.2, -0.15) is 18.4 Å². The fraction of sp³-hybridized carbons (Fsp3) is 0.769. The van der Waals surface area contributed by atoms with Crippen molar-refractivity contribution in [3.05, 3.63) is 0 Å². The van der Waals surface area contributed by atoms with Crippen LogP contribution < -0.4 is 5.73 Å². The zero-order valence-corrected chi connectivity index (χ0v) is 11.8. The average Bonchev–Trinajstić information content (AvgIpc) is 3.30. The third-order valence-electron chi connectivity index (χ3n) is 3.65. The number of nitrogens with two attached hydrogens (primary N) is 1. The Bertz CT molecular complexity index is 450. The number of rotatable bonds is 2. The molecule has 3 N–H and O–H groups in total. The summed E-state index contributed by atoms with van der Waals surface area (Å²) >= 11 is 0. The van der Waals surface area contributed by atoms with E-state index in [1.165, 1.54) is 0 Å². The van der Waals surface area contributed by atoms with Gasteiger partial charge in [0.15, 0.2) is 0 Å². The highest BCUT2D eigenvalue weighted by Gasteiger charge is 2.38. The van der Waals surface area contributed by atoms with E-state index in [1.807, 2.05) is 4.90 Å². The van der Waals surface area contributed by atoms with Crippen LogP contribution in [0.5, 0.6) is 0 Å². The molecule has 0 aromatic carbocycles. The van der Waals surface area contributed by atoms with Gasteiger partial charge in [0.1, 0.15) is 0 Å². The van der Waals surface area contributed by atoms with E-state index in [-0.39, 0.29) is 17.9 Å². The van der Waals surface area contributed by atoms with Gasteiger partial charge < -0.3 is 15.7 Å². The van der Waals surface area contributed by atoms with Crippen molar-refractivity contribution in [2.24, 2.45) is 17.6 Å². The van der Waals surface area contributed by atoms with Crippen molar-refractivity contribution in [2.75, 3.05) is 13.1 Å². The van der Waals surface area contributed by atoms with Crippen LogP contribution >= 0.6 is 0 Å². The van der Waals surface area contributed by atoms with E-state index in [2.05, 4.69) is 6.07 Å². The van der Waals surface area contributed by atoms with Crippen LogP contribution in [0.4, 0.5) is 13.2 Å². The highest BCUT2D eigenvalue weighted by Crippen LogP contribution is 2.32. The standard InChI is InChI=1S/C11H17N3O.C2HF3O2/c12-7-8-3-5-14(6-4-8)11(15)10(13)9-1-2-9;3-2(4,5)1(6)7/h8-10H,1-6,13H2;(H,6,7)/t10-;/m1./s1. The van der Waals surface area contributed by atoms with Crippen molar-refractivity contribution in [2.45, 2.75) is 37.9 Å². The molecular weight excluding hydrogens is 303 g/mol. The van der Waals surface area contributed by atoms with Gasteiger partial charge in [0, 0.05) is 19.0 Å². The summed E-state index contributed by atoms with van der Waals surface area (Å²) in [6.07, 6.45) is -1.28. The first-order valence-electron chi connectivity index (χ1n) is 6.91. The van der Waals surface area contributed by atoms with Crippen LogP contribution in [0.3, 0.4) is 0 Å². The van der Waals surface area contributed by atoms with Crippen LogP contribution in [0, 0.1) is 23.2 Å². The Labute approximate surface area is 125 Å². The molecule has 0 aromatic rings.